The van der Waals surface area contributed by atoms with Gasteiger partial charge in [-0.05, 0) is 30.0 Å². The summed E-state index contributed by atoms with van der Waals surface area (Å²) in [4.78, 5) is 0. The van der Waals surface area contributed by atoms with Crippen molar-refractivity contribution in [1.29, 1.82) is 0 Å². The average molecular weight is 295 g/mol. The molecule has 20 heavy (non-hydrogen) atoms. The van der Waals surface area contributed by atoms with Gasteiger partial charge in [-0.25, -0.2) is 0 Å². The summed E-state index contributed by atoms with van der Waals surface area (Å²) < 4.78 is 11.1. The number of benzene rings is 1. The summed E-state index contributed by atoms with van der Waals surface area (Å²) in [5.41, 5.74) is 1.29. The van der Waals surface area contributed by atoms with Gasteiger partial charge >= 0.3 is 0 Å². The first-order chi connectivity index (χ1) is 9.69. The monoisotopic (exact) mass is 294 g/mol. The van der Waals surface area contributed by atoms with Crippen molar-refractivity contribution in [2.75, 3.05) is 5.88 Å². The van der Waals surface area contributed by atoms with Gasteiger partial charge in [0.2, 0.25) is 5.89 Å². The maximum absolute atomic E-state index is 5.62. The van der Waals surface area contributed by atoms with E-state index in [2.05, 4.69) is 36.2 Å². The summed E-state index contributed by atoms with van der Waals surface area (Å²) in [7, 11) is 0. The van der Waals surface area contributed by atoms with Crippen LogP contribution in [0, 0.1) is 0 Å². The molecule has 0 saturated carbocycles. The zero-order valence-electron chi connectivity index (χ0n) is 11.8. The highest BCUT2D eigenvalue weighted by atomic mass is 35.5. The van der Waals surface area contributed by atoms with Crippen molar-refractivity contribution in [1.82, 2.24) is 10.2 Å². The molecule has 1 heterocycles. The third-order valence-electron chi connectivity index (χ3n) is 2.94. The van der Waals surface area contributed by atoms with E-state index < -0.39 is 0 Å². The number of halogens is 1. The molecule has 4 nitrogen and oxygen atoms in total. The largest absolute Gasteiger partial charge is 0.484 e. The average Bonchev–Trinajstić information content (AvgIpc) is 2.91. The van der Waals surface area contributed by atoms with Crippen LogP contribution in [-0.2, 0) is 13.0 Å². The Hall–Kier alpha value is -1.55. The zero-order chi connectivity index (χ0) is 14.4. The van der Waals surface area contributed by atoms with E-state index in [0.717, 1.165) is 12.2 Å². The van der Waals surface area contributed by atoms with Crippen molar-refractivity contribution in [2.24, 2.45) is 0 Å². The molecule has 1 aromatic heterocycles. The van der Waals surface area contributed by atoms with Crippen LogP contribution in [0.4, 0.5) is 0 Å². The number of ether oxygens (including phenoxy) is 1. The molecule has 0 atom stereocenters. The Labute approximate surface area is 124 Å². The van der Waals surface area contributed by atoms with Crippen molar-refractivity contribution < 1.29 is 9.15 Å². The van der Waals surface area contributed by atoms with Gasteiger partial charge in [-0.15, -0.1) is 21.8 Å². The maximum atomic E-state index is 5.62. The fourth-order valence-electron chi connectivity index (χ4n) is 1.76. The summed E-state index contributed by atoms with van der Waals surface area (Å²) in [5.74, 6) is 3.01. The molecule has 0 fully saturated rings. The quantitative estimate of drug-likeness (QED) is 0.726. The third kappa shape index (κ3) is 4.23. The highest BCUT2D eigenvalue weighted by molar-refractivity contribution is 6.17. The van der Waals surface area contributed by atoms with Crippen molar-refractivity contribution in [3.63, 3.8) is 0 Å². The van der Waals surface area contributed by atoms with Gasteiger partial charge in [0.15, 0.2) is 6.61 Å². The standard InChI is InChI=1S/C15H19ClN2O2/c1-11(2)12-5-7-13(8-6-12)19-10-15-18-17-14(20-15)4-3-9-16/h5-8,11H,3-4,9-10H2,1-2H3. The zero-order valence-corrected chi connectivity index (χ0v) is 12.6. The molecule has 2 rings (SSSR count). The number of hydrogen-bond acceptors (Lipinski definition) is 4. The number of aryl methyl sites for hydroxylation is 1. The minimum Gasteiger partial charge on any atom is -0.484 e. The van der Waals surface area contributed by atoms with E-state index in [9.17, 15) is 0 Å². The Morgan fingerprint density at radius 3 is 2.50 bits per heavy atom. The number of aromatic nitrogens is 2. The SMILES string of the molecule is CC(C)c1ccc(OCc2nnc(CCCCl)o2)cc1. The molecular formula is C15H19ClN2O2. The van der Waals surface area contributed by atoms with Gasteiger partial charge in [0.05, 0.1) is 0 Å². The van der Waals surface area contributed by atoms with Crippen molar-refractivity contribution in [2.45, 2.75) is 39.2 Å². The molecule has 1 aromatic carbocycles. The lowest BCUT2D eigenvalue weighted by atomic mass is 10.0. The third-order valence-corrected chi connectivity index (χ3v) is 3.21. The molecule has 0 saturated heterocycles. The van der Waals surface area contributed by atoms with Crippen molar-refractivity contribution >= 4 is 11.6 Å². The van der Waals surface area contributed by atoms with Crippen LogP contribution in [0.5, 0.6) is 5.75 Å². The summed E-state index contributed by atoms with van der Waals surface area (Å²) in [6.07, 6.45) is 1.54. The predicted octanol–water partition coefficient (Wildman–Crippen LogP) is 3.94. The fraction of sp³-hybridized carbons (Fsp3) is 0.467. The lowest BCUT2D eigenvalue weighted by Crippen LogP contribution is -1.96. The summed E-state index contributed by atoms with van der Waals surface area (Å²) >= 11 is 5.62. The van der Waals surface area contributed by atoms with Crippen LogP contribution in [0.3, 0.4) is 0 Å². The maximum Gasteiger partial charge on any atom is 0.253 e. The van der Waals surface area contributed by atoms with E-state index in [4.69, 9.17) is 20.8 Å². The van der Waals surface area contributed by atoms with Gasteiger partial charge in [-0.3, -0.25) is 0 Å². The molecular weight excluding hydrogens is 276 g/mol. The van der Waals surface area contributed by atoms with Gasteiger partial charge in [0.1, 0.15) is 5.75 Å². The number of rotatable bonds is 7. The molecule has 0 bridgehead atoms. The van der Waals surface area contributed by atoms with Crippen LogP contribution in [0.2, 0.25) is 0 Å². The number of hydrogen-bond donors (Lipinski definition) is 0. The normalized spacial score (nSPS) is 11.0. The Morgan fingerprint density at radius 1 is 1.15 bits per heavy atom. The minimum atomic E-state index is 0.287. The Kier molecular flexibility index (Phi) is 5.41. The molecule has 0 aliphatic carbocycles. The van der Waals surface area contributed by atoms with E-state index in [0.29, 0.717) is 30.0 Å². The smallest absolute Gasteiger partial charge is 0.253 e. The van der Waals surface area contributed by atoms with Crippen molar-refractivity contribution in [3.8, 4) is 5.75 Å². The fourth-order valence-corrected chi connectivity index (χ4v) is 1.89. The van der Waals surface area contributed by atoms with Crippen LogP contribution in [-0.4, -0.2) is 16.1 Å². The second-order valence-electron chi connectivity index (χ2n) is 4.89. The molecule has 5 heteroatoms. The lowest BCUT2D eigenvalue weighted by Gasteiger charge is -2.07. The first-order valence-corrected chi connectivity index (χ1v) is 7.32. The van der Waals surface area contributed by atoms with Gasteiger partial charge in [-0.2, -0.15) is 0 Å². The Bertz CT molecular complexity index is 523. The van der Waals surface area contributed by atoms with E-state index in [1.807, 2.05) is 12.1 Å². The van der Waals surface area contributed by atoms with E-state index in [1.165, 1.54) is 5.56 Å². The molecule has 0 N–H and O–H groups in total. The van der Waals surface area contributed by atoms with Gasteiger partial charge in [0.25, 0.3) is 5.89 Å². The Morgan fingerprint density at radius 2 is 1.85 bits per heavy atom. The molecule has 2 aromatic rings. The lowest BCUT2D eigenvalue weighted by molar-refractivity contribution is 0.258. The van der Waals surface area contributed by atoms with Crippen LogP contribution in [0.1, 0.15) is 43.5 Å². The predicted molar refractivity (Wildman–Crippen MR) is 78.2 cm³/mol. The van der Waals surface area contributed by atoms with Gasteiger partial charge in [-0.1, -0.05) is 26.0 Å². The summed E-state index contributed by atoms with van der Waals surface area (Å²) in [6.45, 7) is 4.61. The van der Waals surface area contributed by atoms with E-state index in [1.54, 1.807) is 0 Å². The van der Waals surface area contributed by atoms with Gasteiger partial charge < -0.3 is 9.15 Å². The molecule has 0 aliphatic heterocycles. The van der Waals surface area contributed by atoms with Crippen molar-refractivity contribution in [3.05, 3.63) is 41.6 Å². The molecule has 108 valence electrons. The molecule has 0 spiro atoms. The second-order valence-corrected chi connectivity index (χ2v) is 5.27. The molecule has 0 aliphatic rings. The summed E-state index contributed by atoms with van der Waals surface area (Å²) in [5, 5.41) is 7.89. The first-order valence-electron chi connectivity index (χ1n) is 6.79. The van der Waals surface area contributed by atoms with Crippen LogP contribution in [0.25, 0.3) is 0 Å². The van der Waals surface area contributed by atoms with Gasteiger partial charge in [0, 0.05) is 12.3 Å². The van der Waals surface area contributed by atoms with Crippen LogP contribution in [0.15, 0.2) is 28.7 Å². The number of nitrogens with zero attached hydrogens (tertiary/aromatic N) is 2. The van der Waals surface area contributed by atoms with Crippen LogP contribution >= 0.6 is 11.6 Å². The first kappa shape index (κ1) is 14.9. The highest BCUT2D eigenvalue weighted by Crippen LogP contribution is 2.19. The van der Waals surface area contributed by atoms with E-state index >= 15 is 0 Å². The molecule has 0 unspecified atom stereocenters. The topological polar surface area (TPSA) is 48.2 Å². The number of alkyl halides is 1. The minimum absolute atomic E-state index is 0.287. The Balaban J connectivity index is 1.86. The van der Waals surface area contributed by atoms with E-state index in [-0.39, 0.29) is 6.61 Å². The molecule has 0 amide bonds. The summed E-state index contributed by atoms with van der Waals surface area (Å²) in [6, 6.07) is 8.06. The molecule has 0 radical (unpaired) electrons. The highest BCUT2D eigenvalue weighted by Gasteiger charge is 2.07. The van der Waals surface area contributed by atoms with Crippen LogP contribution < -0.4 is 4.74 Å². The second kappa shape index (κ2) is 7.29.